The fourth-order valence-corrected chi connectivity index (χ4v) is 3.89. The van der Waals surface area contributed by atoms with Crippen LogP contribution in [-0.2, 0) is 7.05 Å². The van der Waals surface area contributed by atoms with E-state index >= 15 is 0 Å². The minimum Gasteiger partial charge on any atom is -0.495 e. The maximum atomic E-state index is 6.24. The molecule has 0 radical (unpaired) electrons. The van der Waals surface area contributed by atoms with Crippen molar-refractivity contribution in [1.82, 2.24) is 19.7 Å². The molecular weight excluding hydrogens is 388 g/mol. The molecule has 0 saturated heterocycles. The Morgan fingerprint density at radius 1 is 1.17 bits per heavy atom. The Kier molecular flexibility index (Phi) is 5.85. The van der Waals surface area contributed by atoms with Gasteiger partial charge in [0.15, 0.2) is 0 Å². The molecule has 2 aromatic heterocycles. The normalized spacial score (nSPS) is 14.6. The molecule has 8 heteroatoms. The van der Waals surface area contributed by atoms with Crippen molar-refractivity contribution in [3.8, 4) is 16.9 Å². The molecule has 1 fully saturated rings. The number of rotatable bonds is 6. The van der Waals surface area contributed by atoms with Gasteiger partial charge in [-0.2, -0.15) is 10.1 Å². The zero-order chi connectivity index (χ0) is 20.2. The lowest BCUT2D eigenvalue weighted by Crippen LogP contribution is -2.23. The molecule has 0 spiro atoms. The molecule has 0 aliphatic heterocycles. The van der Waals surface area contributed by atoms with Crippen molar-refractivity contribution in [2.75, 3.05) is 17.7 Å². The summed E-state index contributed by atoms with van der Waals surface area (Å²) >= 11 is 6.24. The van der Waals surface area contributed by atoms with Crippen LogP contribution in [0.1, 0.15) is 32.1 Å². The van der Waals surface area contributed by atoms with Crippen LogP contribution in [-0.4, -0.2) is 32.9 Å². The average Bonchev–Trinajstić information content (AvgIpc) is 3.15. The van der Waals surface area contributed by atoms with E-state index in [4.69, 9.17) is 21.3 Å². The minimum atomic E-state index is 0.428. The van der Waals surface area contributed by atoms with Crippen LogP contribution in [0.4, 0.5) is 17.5 Å². The van der Waals surface area contributed by atoms with Gasteiger partial charge in [-0.3, -0.25) is 4.68 Å². The smallest absolute Gasteiger partial charge is 0.229 e. The highest BCUT2D eigenvalue weighted by Crippen LogP contribution is 2.31. The Hall–Kier alpha value is -2.80. The van der Waals surface area contributed by atoms with Gasteiger partial charge in [-0.1, -0.05) is 30.9 Å². The SMILES string of the molecule is COc1ccc(Nc2ncc(-c3cnn(C)c3)c(NC3CCCCC3)n2)cc1Cl. The predicted octanol–water partition coefficient (Wildman–Crippen LogP) is 5.03. The fraction of sp³-hybridized carbons (Fsp3) is 0.381. The van der Waals surface area contributed by atoms with Crippen LogP contribution in [0.15, 0.2) is 36.8 Å². The van der Waals surface area contributed by atoms with Gasteiger partial charge in [0, 0.05) is 42.3 Å². The Morgan fingerprint density at radius 2 is 2.00 bits per heavy atom. The Morgan fingerprint density at radius 3 is 2.69 bits per heavy atom. The van der Waals surface area contributed by atoms with Crippen LogP contribution < -0.4 is 15.4 Å². The monoisotopic (exact) mass is 412 g/mol. The highest BCUT2D eigenvalue weighted by Gasteiger charge is 2.18. The molecule has 0 amide bonds. The summed E-state index contributed by atoms with van der Waals surface area (Å²) in [6.07, 6.45) is 11.8. The maximum Gasteiger partial charge on any atom is 0.229 e. The molecule has 7 nitrogen and oxygen atoms in total. The van der Waals surface area contributed by atoms with E-state index in [1.165, 1.54) is 19.3 Å². The van der Waals surface area contributed by atoms with Gasteiger partial charge in [0.25, 0.3) is 0 Å². The first-order valence-corrected chi connectivity index (χ1v) is 10.2. The van der Waals surface area contributed by atoms with E-state index in [1.54, 1.807) is 17.9 Å². The van der Waals surface area contributed by atoms with Crippen molar-refractivity contribution < 1.29 is 4.74 Å². The zero-order valence-electron chi connectivity index (χ0n) is 16.7. The molecule has 29 heavy (non-hydrogen) atoms. The van der Waals surface area contributed by atoms with Gasteiger partial charge in [0.1, 0.15) is 11.6 Å². The largest absolute Gasteiger partial charge is 0.495 e. The van der Waals surface area contributed by atoms with Crippen molar-refractivity contribution in [3.05, 3.63) is 41.8 Å². The summed E-state index contributed by atoms with van der Waals surface area (Å²) in [6, 6.07) is 5.93. The molecule has 152 valence electrons. The van der Waals surface area contributed by atoms with Gasteiger partial charge in [-0.05, 0) is 31.0 Å². The quantitative estimate of drug-likeness (QED) is 0.591. The molecule has 1 aliphatic carbocycles. The number of hydrogen-bond donors (Lipinski definition) is 2. The first-order valence-electron chi connectivity index (χ1n) is 9.85. The Labute approximate surface area is 175 Å². The predicted molar refractivity (Wildman–Crippen MR) is 116 cm³/mol. The molecule has 1 aliphatic rings. The first-order chi connectivity index (χ1) is 14.1. The van der Waals surface area contributed by atoms with Gasteiger partial charge in [0.05, 0.1) is 18.3 Å². The number of ether oxygens (including phenoxy) is 1. The number of benzene rings is 1. The van der Waals surface area contributed by atoms with E-state index < -0.39 is 0 Å². The highest BCUT2D eigenvalue weighted by molar-refractivity contribution is 6.32. The number of aryl methyl sites for hydroxylation is 1. The van der Waals surface area contributed by atoms with Crippen molar-refractivity contribution >= 4 is 29.1 Å². The van der Waals surface area contributed by atoms with Crippen LogP contribution in [0.2, 0.25) is 5.02 Å². The fourth-order valence-electron chi connectivity index (χ4n) is 3.64. The molecule has 3 aromatic rings. The van der Waals surface area contributed by atoms with Gasteiger partial charge in [0.2, 0.25) is 5.95 Å². The number of anilines is 3. The number of halogens is 1. The highest BCUT2D eigenvalue weighted by atomic mass is 35.5. The Bertz CT molecular complexity index is 983. The second-order valence-electron chi connectivity index (χ2n) is 7.31. The molecule has 1 saturated carbocycles. The van der Waals surface area contributed by atoms with E-state index in [1.807, 2.05) is 37.8 Å². The van der Waals surface area contributed by atoms with Crippen LogP contribution in [0.3, 0.4) is 0 Å². The summed E-state index contributed by atoms with van der Waals surface area (Å²) in [5.74, 6) is 1.96. The van der Waals surface area contributed by atoms with Crippen molar-refractivity contribution in [3.63, 3.8) is 0 Å². The number of nitrogens with one attached hydrogen (secondary N) is 2. The summed E-state index contributed by atoms with van der Waals surface area (Å²) in [5, 5.41) is 11.7. The number of hydrogen-bond acceptors (Lipinski definition) is 6. The third-order valence-electron chi connectivity index (χ3n) is 5.16. The summed E-state index contributed by atoms with van der Waals surface area (Å²) < 4.78 is 6.99. The summed E-state index contributed by atoms with van der Waals surface area (Å²) in [6.45, 7) is 0. The Balaban J connectivity index is 1.63. The number of nitrogens with zero attached hydrogens (tertiary/aromatic N) is 4. The number of methoxy groups -OCH3 is 1. The molecule has 4 rings (SSSR count). The molecular formula is C21H25ClN6O. The van der Waals surface area contributed by atoms with Crippen LogP contribution in [0.25, 0.3) is 11.1 Å². The summed E-state index contributed by atoms with van der Waals surface area (Å²) in [7, 11) is 3.50. The lowest BCUT2D eigenvalue weighted by Gasteiger charge is -2.24. The molecule has 0 unspecified atom stereocenters. The van der Waals surface area contributed by atoms with Crippen LogP contribution in [0.5, 0.6) is 5.75 Å². The van der Waals surface area contributed by atoms with Gasteiger partial charge < -0.3 is 15.4 Å². The van der Waals surface area contributed by atoms with Gasteiger partial charge >= 0.3 is 0 Å². The molecule has 2 N–H and O–H groups in total. The van der Waals surface area contributed by atoms with Gasteiger partial charge in [-0.25, -0.2) is 4.98 Å². The third-order valence-corrected chi connectivity index (χ3v) is 5.45. The standard InChI is InChI=1S/C21H25ClN6O/c1-28-13-14(11-24-28)17-12-23-21(26-16-8-9-19(29-2)18(22)10-16)27-20(17)25-15-6-4-3-5-7-15/h8-13,15H,3-7H2,1-2H3,(H2,23,25,26,27). The zero-order valence-corrected chi connectivity index (χ0v) is 17.4. The van der Waals surface area contributed by atoms with Gasteiger partial charge in [-0.15, -0.1) is 0 Å². The second-order valence-corrected chi connectivity index (χ2v) is 7.72. The molecule has 1 aromatic carbocycles. The van der Waals surface area contributed by atoms with E-state index in [2.05, 4.69) is 20.7 Å². The topological polar surface area (TPSA) is 76.9 Å². The minimum absolute atomic E-state index is 0.428. The first kappa shape index (κ1) is 19.5. The van der Waals surface area contributed by atoms with E-state index in [0.29, 0.717) is 22.8 Å². The number of aromatic nitrogens is 4. The van der Waals surface area contributed by atoms with E-state index in [-0.39, 0.29) is 0 Å². The lowest BCUT2D eigenvalue weighted by molar-refractivity contribution is 0.415. The van der Waals surface area contributed by atoms with E-state index in [0.717, 1.165) is 35.5 Å². The van der Waals surface area contributed by atoms with Crippen molar-refractivity contribution in [2.24, 2.45) is 7.05 Å². The van der Waals surface area contributed by atoms with Crippen molar-refractivity contribution in [1.29, 1.82) is 0 Å². The third kappa shape index (κ3) is 4.62. The van der Waals surface area contributed by atoms with Crippen LogP contribution >= 0.6 is 11.6 Å². The second kappa shape index (κ2) is 8.69. The summed E-state index contributed by atoms with van der Waals surface area (Å²) in [5.41, 5.74) is 2.74. The molecule has 2 heterocycles. The van der Waals surface area contributed by atoms with Crippen molar-refractivity contribution in [2.45, 2.75) is 38.1 Å². The average molecular weight is 413 g/mol. The van der Waals surface area contributed by atoms with E-state index in [9.17, 15) is 0 Å². The lowest BCUT2D eigenvalue weighted by atomic mass is 9.95. The maximum absolute atomic E-state index is 6.24. The molecule has 0 atom stereocenters. The summed E-state index contributed by atoms with van der Waals surface area (Å²) in [4.78, 5) is 9.29. The molecule has 0 bridgehead atoms. The van der Waals surface area contributed by atoms with Crippen LogP contribution in [0, 0.1) is 0 Å².